The van der Waals surface area contributed by atoms with Crippen LogP contribution in [-0.2, 0) is 6.61 Å². The summed E-state index contributed by atoms with van der Waals surface area (Å²) in [6, 6.07) is 26.2. The van der Waals surface area contributed by atoms with Gasteiger partial charge >= 0.3 is 0 Å². The van der Waals surface area contributed by atoms with Crippen LogP contribution in [0.2, 0.25) is 0 Å². The molecule has 3 aromatic carbocycles. The molecule has 0 bridgehead atoms. The normalized spacial score (nSPS) is 10.0. The van der Waals surface area contributed by atoms with E-state index in [-0.39, 0.29) is 5.91 Å². The Labute approximate surface area is 170 Å². The number of hydrogen-bond donors (Lipinski definition) is 1. The van der Waals surface area contributed by atoms with E-state index in [0.29, 0.717) is 43.1 Å². The Kier molecular flexibility index (Phi) is 7.25. The van der Waals surface area contributed by atoms with E-state index in [2.05, 4.69) is 11.4 Å². The maximum absolute atomic E-state index is 12.5. The first kappa shape index (κ1) is 20.0. The number of carbonyl (C=O) groups excluding carboxylic acids is 1. The number of anilines is 1. The van der Waals surface area contributed by atoms with Gasteiger partial charge in [-0.1, -0.05) is 36.4 Å². The standard InChI is InChI=1S/C24H22N2O3/c25-15-4-5-16-28-23-10-6-7-21(17-23)26-24(27)20-13-11-19(12-14-20)18-29-22-8-2-1-3-9-22/h1-3,6-14,17H,4-5,16,18H2,(H,26,27). The summed E-state index contributed by atoms with van der Waals surface area (Å²) in [7, 11) is 0. The second kappa shape index (κ2) is 10.5. The highest BCUT2D eigenvalue weighted by Crippen LogP contribution is 2.19. The number of amides is 1. The van der Waals surface area contributed by atoms with E-state index in [4.69, 9.17) is 14.7 Å². The van der Waals surface area contributed by atoms with E-state index in [1.54, 1.807) is 18.2 Å². The lowest BCUT2D eigenvalue weighted by molar-refractivity contribution is 0.102. The summed E-state index contributed by atoms with van der Waals surface area (Å²) in [5, 5.41) is 11.4. The van der Waals surface area contributed by atoms with Crippen molar-refractivity contribution in [3.63, 3.8) is 0 Å². The fourth-order valence-corrected chi connectivity index (χ4v) is 2.64. The van der Waals surface area contributed by atoms with Crippen LogP contribution in [0.15, 0.2) is 78.9 Å². The number of nitrogens with one attached hydrogen (secondary N) is 1. The molecule has 5 nitrogen and oxygen atoms in total. The average molecular weight is 386 g/mol. The summed E-state index contributed by atoms with van der Waals surface area (Å²) in [4.78, 5) is 12.5. The van der Waals surface area contributed by atoms with Crippen LogP contribution in [0, 0.1) is 11.3 Å². The number of rotatable bonds is 9. The molecule has 3 rings (SSSR count). The lowest BCUT2D eigenvalue weighted by atomic mass is 10.1. The van der Waals surface area contributed by atoms with Crippen molar-refractivity contribution in [3.05, 3.63) is 90.0 Å². The molecule has 3 aromatic rings. The van der Waals surface area contributed by atoms with Crippen molar-refractivity contribution in [2.75, 3.05) is 11.9 Å². The van der Waals surface area contributed by atoms with Gasteiger partial charge in [-0.05, 0) is 48.4 Å². The smallest absolute Gasteiger partial charge is 0.255 e. The summed E-state index contributed by atoms with van der Waals surface area (Å²) >= 11 is 0. The van der Waals surface area contributed by atoms with Crippen molar-refractivity contribution >= 4 is 11.6 Å². The van der Waals surface area contributed by atoms with Crippen LogP contribution in [-0.4, -0.2) is 12.5 Å². The molecule has 0 saturated heterocycles. The second-order valence-corrected chi connectivity index (χ2v) is 6.39. The summed E-state index contributed by atoms with van der Waals surface area (Å²) in [6.07, 6.45) is 1.14. The van der Waals surface area contributed by atoms with Crippen LogP contribution in [0.25, 0.3) is 0 Å². The Hall–Kier alpha value is -3.78. The van der Waals surface area contributed by atoms with E-state index in [9.17, 15) is 4.79 Å². The molecule has 0 aliphatic rings. The lowest BCUT2D eigenvalue weighted by Crippen LogP contribution is -2.12. The lowest BCUT2D eigenvalue weighted by Gasteiger charge is -2.10. The van der Waals surface area contributed by atoms with Crippen molar-refractivity contribution < 1.29 is 14.3 Å². The van der Waals surface area contributed by atoms with Gasteiger partial charge in [0.15, 0.2) is 0 Å². The molecule has 0 fully saturated rings. The minimum Gasteiger partial charge on any atom is -0.493 e. The SMILES string of the molecule is N#CCCCOc1cccc(NC(=O)c2ccc(COc3ccccc3)cc2)c1. The molecular formula is C24H22N2O3. The van der Waals surface area contributed by atoms with Crippen LogP contribution >= 0.6 is 0 Å². The molecule has 5 heteroatoms. The number of nitriles is 1. The van der Waals surface area contributed by atoms with Crippen molar-refractivity contribution in [1.29, 1.82) is 5.26 Å². The van der Waals surface area contributed by atoms with Crippen LogP contribution < -0.4 is 14.8 Å². The molecule has 146 valence electrons. The maximum atomic E-state index is 12.5. The molecule has 0 heterocycles. The fraction of sp³-hybridized carbons (Fsp3) is 0.167. The molecule has 0 saturated carbocycles. The second-order valence-electron chi connectivity index (χ2n) is 6.39. The predicted octanol–water partition coefficient (Wildman–Crippen LogP) is 5.20. The highest BCUT2D eigenvalue weighted by atomic mass is 16.5. The summed E-state index contributed by atoms with van der Waals surface area (Å²) in [5.74, 6) is 1.28. The third kappa shape index (κ3) is 6.40. The first-order chi connectivity index (χ1) is 14.2. The monoisotopic (exact) mass is 386 g/mol. The first-order valence-corrected chi connectivity index (χ1v) is 9.42. The van der Waals surface area contributed by atoms with Gasteiger partial charge in [0, 0.05) is 23.7 Å². The minimum atomic E-state index is -0.192. The number of carbonyl (C=O) groups is 1. The Morgan fingerprint density at radius 2 is 1.66 bits per heavy atom. The van der Waals surface area contributed by atoms with Gasteiger partial charge in [0.1, 0.15) is 18.1 Å². The molecule has 0 spiro atoms. The molecule has 0 aromatic heterocycles. The zero-order valence-electron chi connectivity index (χ0n) is 16.0. The zero-order valence-corrected chi connectivity index (χ0v) is 16.0. The zero-order chi connectivity index (χ0) is 20.3. The number of nitrogens with zero attached hydrogens (tertiary/aromatic N) is 1. The fourth-order valence-electron chi connectivity index (χ4n) is 2.64. The molecule has 0 aliphatic heterocycles. The van der Waals surface area contributed by atoms with E-state index in [0.717, 1.165) is 11.3 Å². The average Bonchev–Trinajstić information content (AvgIpc) is 2.77. The van der Waals surface area contributed by atoms with Crippen molar-refractivity contribution in [2.24, 2.45) is 0 Å². The van der Waals surface area contributed by atoms with Crippen molar-refractivity contribution in [3.8, 4) is 17.6 Å². The first-order valence-electron chi connectivity index (χ1n) is 9.42. The Bertz CT molecular complexity index is 963. The largest absolute Gasteiger partial charge is 0.493 e. The van der Waals surface area contributed by atoms with Gasteiger partial charge in [0.25, 0.3) is 5.91 Å². The molecule has 0 atom stereocenters. The predicted molar refractivity (Wildman–Crippen MR) is 112 cm³/mol. The van der Waals surface area contributed by atoms with Gasteiger partial charge in [-0.15, -0.1) is 0 Å². The summed E-state index contributed by atoms with van der Waals surface area (Å²) < 4.78 is 11.3. The molecule has 29 heavy (non-hydrogen) atoms. The Balaban J connectivity index is 1.53. The van der Waals surface area contributed by atoms with E-state index in [1.165, 1.54) is 0 Å². The Morgan fingerprint density at radius 3 is 2.41 bits per heavy atom. The molecule has 1 amide bonds. The van der Waals surface area contributed by atoms with Crippen LogP contribution in [0.5, 0.6) is 11.5 Å². The number of unbranched alkanes of at least 4 members (excludes halogenated alkanes) is 1. The highest BCUT2D eigenvalue weighted by molar-refractivity contribution is 6.04. The van der Waals surface area contributed by atoms with E-state index >= 15 is 0 Å². The molecule has 0 unspecified atom stereocenters. The molecule has 0 aliphatic carbocycles. The third-order valence-corrected chi connectivity index (χ3v) is 4.16. The summed E-state index contributed by atoms with van der Waals surface area (Å²) in [5.41, 5.74) is 2.20. The van der Waals surface area contributed by atoms with Gasteiger partial charge in [-0.2, -0.15) is 5.26 Å². The number of para-hydroxylation sites is 1. The van der Waals surface area contributed by atoms with Gasteiger partial charge < -0.3 is 14.8 Å². The van der Waals surface area contributed by atoms with E-state index < -0.39 is 0 Å². The van der Waals surface area contributed by atoms with Crippen LogP contribution in [0.4, 0.5) is 5.69 Å². The van der Waals surface area contributed by atoms with Gasteiger partial charge in [-0.25, -0.2) is 0 Å². The molecule has 1 N–H and O–H groups in total. The molecular weight excluding hydrogens is 364 g/mol. The van der Waals surface area contributed by atoms with Gasteiger partial charge in [0.05, 0.1) is 12.7 Å². The van der Waals surface area contributed by atoms with Gasteiger partial charge in [0.2, 0.25) is 0 Å². The van der Waals surface area contributed by atoms with E-state index in [1.807, 2.05) is 60.7 Å². The number of benzene rings is 3. The number of hydrogen-bond acceptors (Lipinski definition) is 4. The van der Waals surface area contributed by atoms with Crippen molar-refractivity contribution in [1.82, 2.24) is 0 Å². The Morgan fingerprint density at radius 1 is 0.897 bits per heavy atom. The highest BCUT2D eigenvalue weighted by Gasteiger charge is 2.07. The summed E-state index contributed by atoms with van der Waals surface area (Å²) in [6.45, 7) is 0.911. The third-order valence-electron chi connectivity index (χ3n) is 4.16. The topological polar surface area (TPSA) is 71.3 Å². The minimum absolute atomic E-state index is 0.192. The van der Waals surface area contributed by atoms with Gasteiger partial charge in [-0.3, -0.25) is 4.79 Å². The maximum Gasteiger partial charge on any atom is 0.255 e. The number of ether oxygens (including phenoxy) is 2. The molecule has 0 radical (unpaired) electrons. The van der Waals surface area contributed by atoms with Crippen molar-refractivity contribution in [2.45, 2.75) is 19.4 Å². The quantitative estimate of drug-likeness (QED) is 0.513. The van der Waals surface area contributed by atoms with Crippen LogP contribution in [0.3, 0.4) is 0 Å². The van der Waals surface area contributed by atoms with Crippen LogP contribution in [0.1, 0.15) is 28.8 Å².